The van der Waals surface area contributed by atoms with E-state index < -0.39 is 0 Å². The summed E-state index contributed by atoms with van der Waals surface area (Å²) >= 11 is 1.40. The second kappa shape index (κ2) is 10.9. The fraction of sp³-hybridized carbons (Fsp3) is 0.179. The lowest BCUT2D eigenvalue weighted by Gasteiger charge is -2.17. The number of carbonyl (C=O) groups is 1. The van der Waals surface area contributed by atoms with Crippen LogP contribution in [-0.2, 0) is 11.4 Å². The van der Waals surface area contributed by atoms with Gasteiger partial charge in [-0.05, 0) is 59.7 Å². The minimum atomic E-state index is -0.0261. The minimum Gasteiger partial charge on any atom is -0.489 e. The highest BCUT2D eigenvalue weighted by atomic mass is 32.2. The Morgan fingerprint density at radius 1 is 1.03 bits per heavy atom. The van der Waals surface area contributed by atoms with Gasteiger partial charge in [-0.1, -0.05) is 62.4 Å². The smallest absolute Gasteiger partial charge is 0.266 e. The summed E-state index contributed by atoms with van der Waals surface area (Å²) in [5.74, 6) is 1.00. The highest BCUT2D eigenvalue weighted by molar-refractivity contribution is 8.18. The molecule has 5 nitrogen and oxygen atoms in total. The van der Waals surface area contributed by atoms with Gasteiger partial charge >= 0.3 is 0 Å². The Morgan fingerprint density at radius 3 is 2.44 bits per heavy atom. The lowest BCUT2D eigenvalue weighted by molar-refractivity contribution is -0.122. The summed E-state index contributed by atoms with van der Waals surface area (Å²) in [6, 6.07) is 26.9. The lowest BCUT2D eigenvalue weighted by Crippen LogP contribution is -2.32. The molecule has 1 heterocycles. The predicted octanol–water partition coefficient (Wildman–Crippen LogP) is 6.40. The van der Waals surface area contributed by atoms with Gasteiger partial charge in [-0.3, -0.25) is 9.69 Å². The summed E-state index contributed by atoms with van der Waals surface area (Å²) in [4.78, 5) is 20.3. The highest BCUT2D eigenvalue weighted by Crippen LogP contribution is 2.34. The largest absolute Gasteiger partial charge is 0.489 e. The number of aliphatic imine (C=N–C) groups is 1. The molecule has 0 bridgehead atoms. The molecular weight excluding hydrogens is 442 g/mol. The van der Waals surface area contributed by atoms with Crippen LogP contribution in [0, 0.1) is 17.2 Å². The maximum atomic E-state index is 13.1. The monoisotopic (exact) mass is 467 g/mol. The van der Waals surface area contributed by atoms with E-state index in [2.05, 4.69) is 19.9 Å². The van der Waals surface area contributed by atoms with Crippen molar-refractivity contribution in [1.82, 2.24) is 4.90 Å². The molecule has 0 N–H and O–H groups in total. The third-order valence-corrected chi connectivity index (χ3v) is 6.13. The topological polar surface area (TPSA) is 65.7 Å². The summed E-state index contributed by atoms with van der Waals surface area (Å²) in [5.41, 5.74) is 3.19. The summed E-state index contributed by atoms with van der Waals surface area (Å²) < 4.78 is 5.85. The van der Waals surface area contributed by atoms with Gasteiger partial charge in [-0.15, -0.1) is 0 Å². The second-order valence-electron chi connectivity index (χ2n) is 8.28. The molecular formula is C28H25N3O2S. The van der Waals surface area contributed by atoms with Crippen molar-refractivity contribution in [1.29, 1.82) is 5.26 Å². The number of amides is 1. The van der Waals surface area contributed by atoms with Crippen LogP contribution in [0.15, 0.2) is 88.8 Å². The number of hydrogen-bond donors (Lipinski definition) is 0. The number of hydrogen-bond acceptors (Lipinski definition) is 5. The predicted molar refractivity (Wildman–Crippen MR) is 138 cm³/mol. The SMILES string of the molecule is CC(C)CN1C(=O)/C(=C/c2ccc(OCc3ccccc3C#N)cc2)SC1=Nc1ccccc1. The zero-order valence-corrected chi connectivity index (χ0v) is 20.0. The highest BCUT2D eigenvalue weighted by Gasteiger charge is 2.33. The van der Waals surface area contributed by atoms with Crippen LogP contribution >= 0.6 is 11.8 Å². The average molecular weight is 468 g/mol. The molecule has 170 valence electrons. The zero-order valence-electron chi connectivity index (χ0n) is 19.1. The van der Waals surface area contributed by atoms with Crippen molar-refractivity contribution < 1.29 is 9.53 Å². The molecule has 1 aliphatic rings. The van der Waals surface area contributed by atoms with E-state index in [1.54, 1.807) is 11.0 Å². The van der Waals surface area contributed by atoms with Gasteiger partial charge in [0.25, 0.3) is 5.91 Å². The van der Waals surface area contributed by atoms with Crippen molar-refractivity contribution >= 4 is 34.6 Å². The van der Waals surface area contributed by atoms with Crippen LogP contribution < -0.4 is 4.74 Å². The Kier molecular flexibility index (Phi) is 7.46. The standard InChI is InChI=1S/C28H25N3O2S/c1-20(2)18-31-27(32)26(34-28(31)30-24-10-4-3-5-11-24)16-21-12-14-25(15-13-21)33-19-23-9-7-6-8-22(23)17-29/h3-16,20H,18-19H2,1-2H3/b26-16-,30-28?. The van der Waals surface area contributed by atoms with E-state index in [9.17, 15) is 10.1 Å². The van der Waals surface area contributed by atoms with Crippen molar-refractivity contribution in [2.75, 3.05) is 6.54 Å². The van der Waals surface area contributed by atoms with Crippen molar-refractivity contribution in [2.24, 2.45) is 10.9 Å². The van der Waals surface area contributed by atoms with Crippen LogP contribution in [0.2, 0.25) is 0 Å². The van der Waals surface area contributed by atoms with Crippen molar-refractivity contribution in [3.63, 3.8) is 0 Å². The summed E-state index contributed by atoms with van der Waals surface area (Å²) in [6.45, 7) is 5.12. The number of ether oxygens (including phenoxy) is 1. The Hall–Kier alpha value is -3.82. The Balaban J connectivity index is 1.50. The van der Waals surface area contributed by atoms with E-state index >= 15 is 0 Å². The zero-order chi connectivity index (χ0) is 23.9. The molecule has 0 atom stereocenters. The molecule has 1 aliphatic heterocycles. The molecule has 3 aromatic carbocycles. The van der Waals surface area contributed by atoms with Crippen LogP contribution in [0.5, 0.6) is 5.75 Å². The Bertz CT molecular complexity index is 1260. The first kappa shape index (κ1) is 23.3. The molecule has 0 aromatic heterocycles. The molecule has 1 amide bonds. The average Bonchev–Trinajstić information content (AvgIpc) is 3.12. The van der Waals surface area contributed by atoms with Crippen LogP contribution in [-0.4, -0.2) is 22.5 Å². The first-order valence-electron chi connectivity index (χ1n) is 11.1. The van der Waals surface area contributed by atoms with E-state index in [4.69, 9.17) is 9.73 Å². The number of benzene rings is 3. The molecule has 0 radical (unpaired) electrons. The van der Waals surface area contributed by atoms with E-state index in [1.165, 1.54) is 11.8 Å². The van der Waals surface area contributed by atoms with Crippen LogP contribution in [0.25, 0.3) is 6.08 Å². The number of nitrogens with zero attached hydrogens (tertiary/aromatic N) is 3. The number of rotatable bonds is 7. The van der Waals surface area contributed by atoms with Crippen molar-refractivity contribution in [2.45, 2.75) is 20.5 Å². The Morgan fingerprint density at radius 2 is 1.74 bits per heavy atom. The number of carbonyl (C=O) groups excluding carboxylic acids is 1. The van der Waals surface area contributed by atoms with Gasteiger partial charge in [-0.25, -0.2) is 4.99 Å². The Labute approximate surface area is 204 Å². The van der Waals surface area contributed by atoms with Gasteiger partial charge in [-0.2, -0.15) is 5.26 Å². The van der Waals surface area contributed by atoms with Gasteiger partial charge in [0.1, 0.15) is 12.4 Å². The third kappa shape index (κ3) is 5.75. The number of thioether (sulfide) groups is 1. The molecule has 0 spiro atoms. The van der Waals surface area contributed by atoms with Gasteiger partial charge in [0.15, 0.2) is 5.17 Å². The number of amidine groups is 1. The minimum absolute atomic E-state index is 0.0261. The maximum Gasteiger partial charge on any atom is 0.266 e. The maximum absolute atomic E-state index is 13.1. The van der Waals surface area contributed by atoms with E-state index in [0.717, 1.165) is 16.8 Å². The summed E-state index contributed by atoms with van der Waals surface area (Å²) in [7, 11) is 0. The molecule has 0 aliphatic carbocycles. The van der Waals surface area contributed by atoms with Crippen LogP contribution in [0.4, 0.5) is 5.69 Å². The van der Waals surface area contributed by atoms with E-state index in [1.807, 2.05) is 78.9 Å². The molecule has 1 fully saturated rings. The first-order chi connectivity index (χ1) is 16.5. The van der Waals surface area contributed by atoms with E-state index in [-0.39, 0.29) is 5.91 Å². The van der Waals surface area contributed by atoms with Crippen LogP contribution in [0.1, 0.15) is 30.5 Å². The molecule has 0 unspecified atom stereocenters. The van der Waals surface area contributed by atoms with Gasteiger partial charge in [0.05, 0.1) is 22.2 Å². The molecule has 3 aromatic rings. The third-order valence-electron chi connectivity index (χ3n) is 5.13. The molecule has 0 saturated carbocycles. The molecule has 34 heavy (non-hydrogen) atoms. The quantitative estimate of drug-likeness (QED) is 0.377. The fourth-order valence-electron chi connectivity index (χ4n) is 3.46. The van der Waals surface area contributed by atoms with Gasteiger partial charge in [0, 0.05) is 12.1 Å². The van der Waals surface area contributed by atoms with Gasteiger partial charge in [0.2, 0.25) is 0 Å². The normalized spacial score (nSPS) is 15.8. The van der Waals surface area contributed by atoms with Crippen molar-refractivity contribution in [3.8, 4) is 11.8 Å². The lowest BCUT2D eigenvalue weighted by atomic mass is 10.1. The number of para-hydroxylation sites is 1. The second-order valence-corrected chi connectivity index (χ2v) is 9.29. The first-order valence-corrected chi connectivity index (χ1v) is 11.9. The molecule has 4 rings (SSSR count). The fourth-order valence-corrected chi connectivity index (χ4v) is 4.47. The summed E-state index contributed by atoms with van der Waals surface area (Å²) in [5, 5.41) is 9.93. The van der Waals surface area contributed by atoms with E-state index in [0.29, 0.717) is 40.5 Å². The van der Waals surface area contributed by atoms with Crippen LogP contribution in [0.3, 0.4) is 0 Å². The summed E-state index contributed by atoms with van der Waals surface area (Å²) in [6.07, 6.45) is 1.89. The van der Waals surface area contributed by atoms with Gasteiger partial charge < -0.3 is 4.74 Å². The molecule has 6 heteroatoms. The number of nitriles is 1. The van der Waals surface area contributed by atoms with Crippen molar-refractivity contribution in [3.05, 3.63) is 100 Å². The molecule has 1 saturated heterocycles.